The predicted molar refractivity (Wildman–Crippen MR) is 63.2 cm³/mol. The second-order valence-electron chi connectivity index (χ2n) is 2.98. The first kappa shape index (κ1) is 9.27. The number of hydrazone groups is 1. The molecule has 1 aromatic carbocycles. The van der Waals surface area contributed by atoms with Crippen molar-refractivity contribution in [2.24, 2.45) is 5.10 Å². The molecule has 0 N–H and O–H groups in total. The van der Waals surface area contributed by atoms with Crippen LogP contribution in [0.4, 0.5) is 0 Å². The Balaban J connectivity index is 2.60. The quantitative estimate of drug-likeness (QED) is 0.673. The van der Waals surface area contributed by atoms with Crippen LogP contribution >= 0.6 is 34.2 Å². The molecule has 0 unspecified atom stereocenters. The summed E-state index contributed by atoms with van der Waals surface area (Å²) in [5, 5.41) is 6.92. The van der Waals surface area contributed by atoms with Crippen molar-refractivity contribution in [1.29, 1.82) is 0 Å². The molecule has 0 saturated carbocycles. The maximum atomic E-state index is 6.09. The molecule has 0 amide bonds. The molecule has 0 bridgehead atoms. The summed E-state index contributed by atoms with van der Waals surface area (Å²) in [6.07, 6.45) is 1.87. The summed E-state index contributed by atoms with van der Waals surface area (Å²) in [5.41, 5.74) is 2.33. The highest BCUT2D eigenvalue weighted by atomic mass is 127. The van der Waals surface area contributed by atoms with Crippen molar-refractivity contribution >= 4 is 40.4 Å². The molecule has 0 aliphatic carbocycles. The lowest BCUT2D eigenvalue weighted by molar-refractivity contribution is 0.343. The summed E-state index contributed by atoms with van der Waals surface area (Å²) in [4.78, 5) is 0. The SMILES string of the molecule is CN1Cc2c(Cl)ccc(I)c2C=N1. The maximum Gasteiger partial charge on any atom is 0.0628 e. The first-order valence-electron chi connectivity index (χ1n) is 3.90. The summed E-state index contributed by atoms with van der Waals surface area (Å²) < 4.78 is 1.20. The van der Waals surface area contributed by atoms with E-state index in [0.29, 0.717) is 0 Å². The van der Waals surface area contributed by atoms with Crippen molar-refractivity contribution < 1.29 is 0 Å². The van der Waals surface area contributed by atoms with Gasteiger partial charge in [0.05, 0.1) is 12.8 Å². The average Bonchev–Trinajstić information content (AvgIpc) is 2.12. The third kappa shape index (κ3) is 1.67. The van der Waals surface area contributed by atoms with Crippen molar-refractivity contribution in [2.45, 2.75) is 6.54 Å². The highest BCUT2D eigenvalue weighted by Crippen LogP contribution is 2.26. The Hall–Kier alpha value is -0.290. The smallest absolute Gasteiger partial charge is 0.0628 e. The van der Waals surface area contributed by atoms with E-state index in [9.17, 15) is 0 Å². The van der Waals surface area contributed by atoms with Crippen molar-refractivity contribution in [2.75, 3.05) is 7.05 Å². The van der Waals surface area contributed by atoms with Crippen molar-refractivity contribution in [1.82, 2.24) is 5.01 Å². The van der Waals surface area contributed by atoms with Gasteiger partial charge in [0.15, 0.2) is 0 Å². The number of rotatable bonds is 0. The molecule has 4 heteroatoms. The number of benzene rings is 1. The van der Waals surface area contributed by atoms with Crippen LogP contribution in [0.3, 0.4) is 0 Å². The molecule has 0 saturated heterocycles. The minimum Gasteiger partial charge on any atom is -0.296 e. The molecular formula is C9H8ClIN2. The molecular weight excluding hydrogens is 298 g/mol. The van der Waals surface area contributed by atoms with Crippen LogP contribution in [0.15, 0.2) is 17.2 Å². The normalized spacial score (nSPS) is 14.5. The molecule has 1 aliphatic heterocycles. The van der Waals surface area contributed by atoms with Crippen molar-refractivity contribution in [3.63, 3.8) is 0 Å². The fourth-order valence-electron chi connectivity index (χ4n) is 1.34. The largest absolute Gasteiger partial charge is 0.296 e. The standard InChI is InChI=1S/C9H8ClIN2/c1-13-5-7-6(4-12-13)9(11)3-2-8(7)10/h2-4H,5H2,1H3. The first-order valence-corrected chi connectivity index (χ1v) is 5.36. The van der Waals surface area contributed by atoms with Gasteiger partial charge < -0.3 is 0 Å². The fourth-order valence-corrected chi connectivity index (χ4v) is 2.20. The van der Waals surface area contributed by atoms with E-state index in [0.717, 1.165) is 17.1 Å². The van der Waals surface area contributed by atoms with E-state index < -0.39 is 0 Å². The molecule has 1 heterocycles. The number of hydrogen-bond donors (Lipinski definition) is 0. The fraction of sp³-hybridized carbons (Fsp3) is 0.222. The first-order chi connectivity index (χ1) is 6.18. The van der Waals surface area contributed by atoms with Gasteiger partial charge in [0.1, 0.15) is 0 Å². The summed E-state index contributed by atoms with van der Waals surface area (Å²) in [5.74, 6) is 0. The third-order valence-corrected chi connectivity index (χ3v) is 3.31. The molecule has 68 valence electrons. The van der Waals surface area contributed by atoms with Gasteiger partial charge in [0.2, 0.25) is 0 Å². The van der Waals surface area contributed by atoms with E-state index in [4.69, 9.17) is 11.6 Å². The van der Waals surface area contributed by atoms with Crippen molar-refractivity contribution in [3.8, 4) is 0 Å². The Labute approximate surface area is 95.7 Å². The van der Waals surface area contributed by atoms with E-state index in [2.05, 4.69) is 27.7 Å². The summed E-state index contributed by atoms with van der Waals surface area (Å²) in [7, 11) is 1.94. The highest BCUT2D eigenvalue weighted by Gasteiger charge is 2.14. The lowest BCUT2D eigenvalue weighted by Gasteiger charge is -2.21. The van der Waals surface area contributed by atoms with Gasteiger partial charge in [-0.1, -0.05) is 11.6 Å². The molecule has 2 nitrogen and oxygen atoms in total. The van der Waals surface area contributed by atoms with Gasteiger partial charge in [0.25, 0.3) is 0 Å². The molecule has 0 radical (unpaired) electrons. The number of hydrogen-bond acceptors (Lipinski definition) is 2. The highest BCUT2D eigenvalue weighted by molar-refractivity contribution is 14.1. The zero-order chi connectivity index (χ0) is 9.42. The Morgan fingerprint density at radius 1 is 1.54 bits per heavy atom. The van der Waals surface area contributed by atoms with Gasteiger partial charge in [0, 0.05) is 26.8 Å². The second-order valence-corrected chi connectivity index (χ2v) is 4.55. The number of halogens is 2. The lowest BCUT2D eigenvalue weighted by Crippen LogP contribution is -2.18. The average molecular weight is 307 g/mol. The van der Waals surface area contributed by atoms with Crippen LogP contribution < -0.4 is 0 Å². The molecule has 2 rings (SSSR count). The molecule has 0 aromatic heterocycles. The zero-order valence-corrected chi connectivity index (χ0v) is 10.0. The number of nitrogens with zero attached hydrogens (tertiary/aromatic N) is 2. The summed E-state index contributed by atoms with van der Waals surface area (Å²) in [6, 6.07) is 3.95. The van der Waals surface area contributed by atoms with Gasteiger partial charge in [-0.15, -0.1) is 0 Å². The Morgan fingerprint density at radius 2 is 2.31 bits per heavy atom. The van der Waals surface area contributed by atoms with Crippen LogP contribution in [0.5, 0.6) is 0 Å². The van der Waals surface area contributed by atoms with Gasteiger partial charge >= 0.3 is 0 Å². The molecule has 0 atom stereocenters. The third-order valence-electron chi connectivity index (χ3n) is 2.02. The number of fused-ring (bicyclic) bond motifs is 1. The zero-order valence-electron chi connectivity index (χ0n) is 7.09. The predicted octanol–water partition coefficient (Wildman–Crippen LogP) is 2.72. The van der Waals surface area contributed by atoms with Gasteiger partial charge in [-0.25, -0.2) is 0 Å². The topological polar surface area (TPSA) is 15.6 Å². The summed E-state index contributed by atoms with van der Waals surface area (Å²) in [6.45, 7) is 0.793. The molecule has 0 spiro atoms. The molecule has 1 aromatic rings. The van der Waals surface area contributed by atoms with E-state index in [-0.39, 0.29) is 0 Å². The van der Waals surface area contributed by atoms with E-state index in [1.165, 1.54) is 9.13 Å². The molecule has 13 heavy (non-hydrogen) atoms. The van der Waals surface area contributed by atoms with E-state index in [1.807, 2.05) is 30.4 Å². The maximum absolute atomic E-state index is 6.09. The van der Waals surface area contributed by atoms with Gasteiger partial charge in [-0.3, -0.25) is 5.01 Å². The monoisotopic (exact) mass is 306 g/mol. The van der Waals surface area contributed by atoms with Crippen LogP contribution in [-0.4, -0.2) is 18.3 Å². The van der Waals surface area contributed by atoms with Crippen LogP contribution in [0, 0.1) is 3.57 Å². The second kappa shape index (κ2) is 3.46. The summed E-state index contributed by atoms with van der Waals surface area (Å²) >= 11 is 8.39. The van der Waals surface area contributed by atoms with Crippen molar-refractivity contribution in [3.05, 3.63) is 31.9 Å². The van der Waals surface area contributed by atoms with Crippen LogP contribution in [0.25, 0.3) is 0 Å². The van der Waals surface area contributed by atoms with Crippen LogP contribution in [0.1, 0.15) is 11.1 Å². The van der Waals surface area contributed by atoms with E-state index in [1.54, 1.807) is 0 Å². The Bertz CT molecular complexity index is 376. The minimum absolute atomic E-state index is 0.793. The minimum atomic E-state index is 0.793. The van der Waals surface area contributed by atoms with Gasteiger partial charge in [-0.05, 0) is 34.7 Å². The van der Waals surface area contributed by atoms with Crippen LogP contribution in [-0.2, 0) is 6.54 Å². The molecule has 1 aliphatic rings. The van der Waals surface area contributed by atoms with Gasteiger partial charge in [-0.2, -0.15) is 5.10 Å². The van der Waals surface area contributed by atoms with E-state index >= 15 is 0 Å². The lowest BCUT2D eigenvalue weighted by atomic mass is 10.1. The Kier molecular flexibility index (Phi) is 2.47. The van der Waals surface area contributed by atoms with Crippen LogP contribution in [0.2, 0.25) is 5.02 Å². The Morgan fingerprint density at radius 3 is 3.08 bits per heavy atom. The molecule has 0 fully saturated rings.